The van der Waals surface area contributed by atoms with Gasteiger partial charge >= 0.3 is 98.1 Å². The number of hydrogen-bond donors (Lipinski definition) is 0. The Bertz CT molecular complexity index is 155. The first-order valence-corrected chi connectivity index (χ1v) is 9.54. The Hall–Kier alpha value is 30.9. The Morgan fingerprint density at radius 1 is 0.262 bits per heavy atom. The van der Waals surface area contributed by atoms with Crippen LogP contribution in [0, 0.1) is 120 Å². The molecule has 0 bridgehead atoms. The van der Waals surface area contributed by atoms with Crippen molar-refractivity contribution >= 4 is 0 Å². The van der Waals surface area contributed by atoms with Gasteiger partial charge in [-0.2, -0.15) is 6.92 Å². The zero-order chi connectivity index (χ0) is 19.8. The van der Waals surface area contributed by atoms with Crippen LogP contribution in [0.4, 0.5) is 0 Å². The molecule has 0 aliphatic heterocycles. The molecule has 0 saturated carbocycles. The Kier molecular flexibility index (Phi) is 1970. The molecule has 0 aromatic heterocycles. The van der Waals surface area contributed by atoms with Crippen LogP contribution in [0.5, 0.6) is 0 Å². The number of rotatable bonds is 2. The smallest absolute Gasteiger partial charge is 0.366 e. The van der Waals surface area contributed by atoms with Crippen molar-refractivity contribution in [3.05, 3.63) is 102 Å². The maximum Gasteiger partial charge on any atom is 3.00 e. The molecule has 0 rings (SSSR count). The summed E-state index contributed by atoms with van der Waals surface area (Å²) in [6.07, 6.45) is 3.75. The first kappa shape index (κ1) is 345. The Balaban J connectivity index is -0.00000000108. The van der Waals surface area contributed by atoms with Gasteiger partial charge in [0.25, 0.3) is 0 Å². The van der Waals surface area contributed by atoms with Crippen LogP contribution in [0.15, 0.2) is 0 Å². The summed E-state index contributed by atoms with van der Waals surface area (Å²) in [7, 11) is 0. The van der Waals surface area contributed by atoms with Crippen molar-refractivity contribution in [1.82, 2.24) is 0 Å². The summed E-state index contributed by atoms with van der Waals surface area (Å²) in [5, 5.41) is 0. The number of hydrogen-bond acceptors (Lipinski definition) is 0. The summed E-state index contributed by atoms with van der Waals surface area (Å²) in [6.45, 7) is 38.5. The van der Waals surface area contributed by atoms with Crippen molar-refractivity contribution in [2.24, 2.45) is 17.3 Å². The van der Waals surface area contributed by atoms with Crippen molar-refractivity contribution < 1.29 is 916 Å². The van der Waals surface area contributed by atoms with Gasteiger partial charge in [0.05, 0.1) is 0 Å². The monoisotopic (exact) mass is 2970 g/mol. The minimum Gasteiger partial charge on any atom is -0.366 e. The molecular weight excluding hydrogens is 2890 g/mol. The van der Waals surface area contributed by atoms with Crippen LogP contribution < -0.4 is 0 Å². The summed E-state index contributed by atoms with van der Waals surface area (Å²) in [5.41, 5.74) is 0.000000000000000222. The summed E-state index contributed by atoms with van der Waals surface area (Å²) >= 11 is 0. The summed E-state index contributed by atoms with van der Waals surface area (Å²) < 4.78 is 0. The maximum absolute atomic E-state index is 4.06. The van der Waals surface area contributed by atoms with E-state index in [4.69, 9.17) is 0 Å². The van der Waals surface area contributed by atoms with Crippen LogP contribution in [-0.2, 0) is 916 Å². The predicted molar refractivity (Wildman–Crippen MR) is 184 cm³/mol. The van der Waals surface area contributed by atoms with Crippen molar-refractivity contribution in [2.75, 3.05) is 0 Å². The van der Waals surface area contributed by atoms with Crippen molar-refractivity contribution in [3.63, 3.8) is 0 Å². The van der Waals surface area contributed by atoms with Crippen molar-refractivity contribution in [2.45, 2.75) is 109 Å². The largest absolute Gasteiger partial charge is 3.00 e. The van der Waals surface area contributed by atoms with Crippen LogP contribution in [0.1, 0.15) is 109 Å². The first-order chi connectivity index (χ1) is 10.1. The normalized spacial score (nSPS) is 3.05. The molecule has 0 amide bonds. The molecule has 25 radical (unpaired) electrons. The predicted octanol–water partition coefficient (Wildman–Crippen LogP) is 14.0. The van der Waals surface area contributed by atoms with Gasteiger partial charge in [0.2, 0.25) is 0 Å². The minimum atomic E-state index is 0. The summed E-state index contributed by atoms with van der Waals surface area (Å²) in [6, 6.07) is 0. The molecular formula is C33H86Y28-5. The molecule has 0 nitrogen and oxygen atoms in total. The van der Waals surface area contributed by atoms with E-state index in [1.54, 1.807) is 6.92 Å². The quantitative estimate of drug-likeness (QED) is 0.242. The topological polar surface area (TPSA) is 0 Å². The average molecular weight is 2970 g/mol. The molecule has 0 aliphatic rings. The van der Waals surface area contributed by atoms with Gasteiger partial charge in [-0.15, -0.1) is 0 Å². The van der Waals surface area contributed by atoms with Crippen LogP contribution in [0.3, 0.4) is 0 Å². The van der Waals surface area contributed by atoms with Crippen LogP contribution >= 0.6 is 0 Å². The molecule has 0 unspecified atom stereocenters. The fourth-order valence-corrected chi connectivity index (χ4v) is 0.667. The van der Waals surface area contributed by atoms with Gasteiger partial charge in [-0.3, -0.25) is 5.41 Å². The van der Waals surface area contributed by atoms with Crippen molar-refractivity contribution in [1.29, 1.82) is 0 Å². The second-order valence-electron chi connectivity index (χ2n) is 5.66. The third kappa shape index (κ3) is 390. The Labute approximate surface area is 1110 Å². The van der Waals surface area contributed by atoms with Gasteiger partial charge in [-0.05, 0) is 0 Å². The van der Waals surface area contributed by atoms with Gasteiger partial charge in [-0.1, -0.05) is 114 Å². The Morgan fingerprint density at radius 2 is 0.295 bits per heavy atom. The second-order valence-corrected chi connectivity index (χ2v) is 5.66. The molecule has 0 atom stereocenters. The van der Waals surface area contributed by atoms with Crippen LogP contribution in [0.25, 0.3) is 0 Å². The second kappa shape index (κ2) is 349. The molecule has 0 fully saturated rings. The average Bonchev–Trinajstić information content (AvgIpc) is 2.45. The van der Waals surface area contributed by atoms with E-state index < -0.39 is 0 Å². The van der Waals surface area contributed by atoms with E-state index in [0.717, 1.165) is 0 Å². The van der Waals surface area contributed by atoms with Gasteiger partial charge in [0, 0.05) is 818 Å². The Morgan fingerprint density at radius 3 is 0.295 bits per heavy atom. The fraction of sp³-hybridized carbons (Fsp3) is 0.576. The molecule has 0 aromatic rings. The third-order valence-electron chi connectivity index (χ3n) is 2.30. The SMILES string of the molecule is CC.CCC.CCC.CCC.[CH2-]C.[CH2-]C([CH2-])(C(C)C)C(C)C.[CH3-].[CH3-].[CH3-].[CH3-].[CH3-].[CH3-].[CH3-].[CH3-].[CH3-].[CH3-].[CH3-].[Y+3].[Y+3].[Y+3].[Y].[Y].[Y].[Y].[Y].[Y].[Y].[Y].[Y].[Y].[Y].[Y].[Y].[Y].[Y].[Y].[Y].[Y].[Y].[Y].[Y].[Y].[Y].[Y].[Y]. The van der Waals surface area contributed by atoms with E-state index in [2.05, 4.69) is 90.0 Å². The van der Waals surface area contributed by atoms with E-state index in [1.807, 2.05) is 13.8 Å². The first-order valence-electron chi connectivity index (χ1n) is 9.54. The molecule has 0 heterocycles. The molecule has 0 N–H and O–H groups in total. The zero-order valence-electron chi connectivity index (χ0n) is 46.1. The molecule has 0 aliphatic carbocycles. The minimum absolute atomic E-state index is 0. The summed E-state index contributed by atoms with van der Waals surface area (Å²) in [5.74, 6) is 1.13. The molecule has 307 valence electrons. The zero-order valence-corrected chi connectivity index (χ0v) is 126. The molecule has 0 aromatic carbocycles. The standard InChI is InChI=1S/C9H18.3C3H8.C2H6.C2H5.11CH3.28Y/c1-7(2)9(5,6)8(3)4;3*1-3-2;2*1-2;;;;;;;;;;;;;;;;;;;;;;;;;;;;;;;;;;;;;;;/h7-8H,5-6H2,1-4H3;3*3H2,1-2H3;1-2H3;1H2,2H3;11*1H3;;;;;;;;;;;;;;;;;;;;;;;;;;;;/q-2;;;;;12*-1;;;;;;;;;;;;;;;;;;;;;;;;;;3*+3. The maximum atomic E-state index is 4.06. The van der Waals surface area contributed by atoms with Gasteiger partial charge in [-0.25, -0.2) is 0 Å². The van der Waals surface area contributed by atoms with Crippen LogP contribution in [0.2, 0.25) is 0 Å². The van der Waals surface area contributed by atoms with Crippen LogP contribution in [-0.4, -0.2) is 0 Å². The molecule has 0 saturated heterocycles. The molecule has 0 spiro atoms. The van der Waals surface area contributed by atoms with E-state index in [-0.39, 0.29) is 1000 Å². The van der Waals surface area contributed by atoms with E-state index >= 15 is 0 Å². The van der Waals surface area contributed by atoms with E-state index in [1.165, 1.54) is 19.3 Å². The van der Waals surface area contributed by atoms with E-state index in [0.29, 0.717) is 11.8 Å². The van der Waals surface area contributed by atoms with Gasteiger partial charge in [0.15, 0.2) is 0 Å². The van der Waals surface area contributed by atoms with Crippen molar-refractivity contribution in [3.8, 4) is 0 Å². The molecule has 28 heteroatoms. The fourth-order valence-electron chi connectivity index (χ4n) is 0.667. The molecule has 61 heavy (non-hydrogen) atoms. The summed E-state index contributed by atoms with van der Waals surface area (Å²) in [4.78, 5) is 0. The van der Waals surface area contributed by atoms with Gasteiger partial charge in [0.1, 0.15) is 0 Å². The van der Waals surface area contributed by atoms with Gasteiger partial charge < -0.3 is 102 Å². The van der Waals surface area contributed by atoms with E-state index in [9.17, 15) is 0 Å². The third-order valence-corrected chi connectivity index (χ3v) is 2.30.